The van der Waals surface area contributed by atoms with Gasteiger partial charge in [-0.3, -0.25) is 10.1 Å². The lowest BCUT2D eigenvalue weighted by Gasteiger charge is -2.36. The first-order valence-electron chi connectivity index (χ1n) is 8.39. The zero-order chi connectivity index (χ0) is 17.0. The van der Waals surface area contributed by atoms with Crippen LogP contribution in [0.5, 0.6) is 0 Å². The summed E-state index contributed by atoms with van der Waals surface area (Å²) < 4.78 is 5.26. The minimum Gasteiger partial charge on any atom is -0.374 e. The summed E-state index contributed by atoms with van der Waals surface area (Å²) in [5, 5.41) is 12.5. The number of rotatable bonds is 5. The standard InChI is InChI=1S/C18H23N3O2S/c1-13(23-2)15-20-21-17(24-15)19-16(22)18(11-7-4-8-12-18)14-9-5-3-6-10-14/h3,5-6,9-10,13H,4,7-8,11-12H2,1-2H3,(H,19,21,22). The van der Waals surface area contributed by atoms with Crippen LogP contribution in [0.2, 0.25) is 0 Å². The van der Waals surface area contributed by atoms with Crippen molar-refractivity contribution < 1.29 is 9.53 Å². The number of hydrogen-bond donors (Lipinski definition) is 1. The van der Waals surface area contributed by atoms with E-state index in [2.05, 4.69) is 27.6 Å². The fourth-order valence-electron chi connectivity index (χ4n) is 3.33. The van der Waals surface area contributed by atoms with Crippen molar-refractivity contribution in [3.8, 4) is 0 Å². The summed E-state index contributed by atoms with van der Waals surface area (Å²) in [6.45, 7) is 1.92. The lowest BCUT2D eigenvalue weighted by atomic mass is 9.69. The first kappa shape index (κ1) is 17.0. The Bertz CT molecular complexity index is 681. The smallest absolute Gasteiger partial charge is 0.236 e. The SMILES string of the molecule is COC(C)c1nnc(NC(=O)C2(c3ccccc3)CCCCC2)s1. The molecule has 1 amide bonds. The number of amides is 1. The van der Waals surface area contributed by atoms with E-state index >= 15 is 0 Å². The molecule has 0 saturated heterocycles. The number of anilines is 1. The maximum atomic E-state index is 13.1. The Balaban J connectivity index is 1.83. The van der Waals surface area contributed by atoms with E-state index in [0.717, 1.165) is 36.3 Å². The number of ether oxygens (including phenoxy) is 1. The van der Waals surface area contributed by atoms with E-state index in [1.807, 2.05) is 25.1 Å². The van der Waals surface area contributed by atoms with Gasteiger partial charge in [-0.05, 0) is 25.3 Å². The topological polar surface area (TPSA) is 64.1 Å². The number of aromatic nitrogens is 2. The van der Waals surface area contributed by atoms with Gasteiger partial charge in [0, 0.05) is 7.11 Å². The Morgan fingerprint density at radius 3 is 2.58 bits per heavy atom. The number of carbonyl (C=O) groups is 1. The van der Waals surface area contributed by atoms with Gasteiger partial charge < -0.3 is 4.74 Å². The van der Waals surface area contributed by atoms with E-state index < -0.39 is 5.41 Å². The molecule has 1 aliphatic carbocycles. The third-order valence-corrected chi connectivity index (χ3v) is 5.83. The molecular formula is C18H23N3O2S. The van der Waals surface area contributed by atoms with Crippen LogP contribution in [0, 0.1) is 0 Å². The molecule has 6 heteroatoms. The van der Waals surface area contributed by atoms with Gasteiger partial charge in [-0.1, -0.05) is 60.9 Å². The summed E-state index contributed by atoms with van der Waals surface area (Å²) in [4.78, 5) is 13.1. The molecular weight excluding hydrogens is 322 g/mol. The van der Waals surface area contributed by atoms with Crippen LogP contribution in [0.1, 0.15) is 55.7 Å². The third kappa shape index (κ3) is 3.35. The molecule has 128 valence electrons. The summed E-state index contributed by atoms with van der Waals surface area (Å²) in [7, 11) is 1.64. The lowest BCUT2D eigenvalue weighted by Crippen LogP contribution is -2.42. The van der Waals surface area contributed by atoms with Crippen molar-refractivity contribution in [2.24, 2.45) is 0 Å². The van der Waals surface area contributed by atoms with E-state index in [0.29, 0.717) is 5.13 Å². The molecule has 1 heterocycles. The highest BCUT2D eigenvalue weighted by atomic mass is 32.1. The van der Waals surface area contributed by atoms with Crippen molar-refractivity contribution in [3.63, 3.8) is 0 Å². The van der Waals surface area contributed by atoms with E-state index in [1.54, 1.807) is 7.11 Å². The van der Waals surface area contributed by atoms with Crippen molar-refractivity contribution >= 4 is 22.4 Å². The Kier molecular flexibility index (Phi) is 5.26. The fraction of sp³-hybridized carbons (Fsp3) is 0.500. The molecule has 1 fully saturated rings. The second-order valence-corrected chi connectivity index (χ2v) is 7.30. The average molecular weight is 345 g/mol. The molecule has 5 nitrogen and oxygen atoms in total. The molecule has 24 heavy (non-hydrogen) atoms. The molecule has 0 spiro atoms. The summed E-state index contributed by atoms with van der Waals surface area (Å²) in [5.74, 6) is 0.0289. The van der Waals surface area contributed by atoms with Gasteiger partial charge in [0.05, 0.1) is 5.41 Å². The second kappa shape index (κ2) is 7.40. The quantitative estimate of drug-likeness (QED) is 0.886. The molecule has 1 aliphatic rings. The van der Waals surface area contributed by atoms with Crippen LogP contribution in [0.15, 0.2) is 30.3 Å². The number of methoxy groups -OCH3 is 1. The van der Waals surface area contributed by atoms with Crippen LogP contribution in [0.4, 0.5) is 5.13 Å². The van der Waals surface area contributed by atoms with Crippen LogP contribution >= 0.6 is 11.3 Å². The molecule has 2 aromatic rings. The first-order valence-corrected chi connectivity index (χ1v) is 9.20. The van der Waals surface area contributed by atoms with Crippen LogP contribution < -0.4 is 5.32 Å². The van der Waals surface area contributed by atoms with Gasteiger partial charge in [-0.15, -0.1) is 10.2 Å². The first-order chi connectivity index (χ1) is 11.7. The molecule has 1 N–H and O–H groups in total. The summed E-state index contributed by atoms with van der Waals surface area (Å²) in [6, 6.07) is 10.1. The Morgan fingerprint density at radius 1 is 1.21 bits per heavy atom. The maximum absolute atomic E-state index is 13.1. The van der Waals surface area contributed by atoms with Gasteiger partial charge in [-0.2, -0.15) is 0 Å². The number of nitrogens with one attached hydrogen (secondary N) is 1. The van der Waals surface area contributed by atoms with Gasteiger partial charge in [0.25, 0.3) is 0 Å². The molecule has 0 bridgehead atoms. The van der Waals surface area contributed by atoms with Crippen LogP contribution in [0.25, 0.3) is 0 Å². The molecule has 1 aromatic heterocycles. The molecule has 0 radical (unpaired) electrons. The van der Waals surface area contributed by atoms with Crippen LogP contribution in [-0.2, 0) is 14.9 Å². The van der Waals surface area contributed by atoms with E-state index in [1.165, 1.54) is 17.8 Å². The van der Waals surface area contributed by atoms with E-state index in [-0.39, 0.29) is 12.0 Å². The number of hydrogen-bond acceptors (Lipinski definition) is 5. The zero-order valence-corrected chi connectivity index (χ0v) is 14.9. The van der Waals surface area contributed by atoms with Crippen molar-refractivity contribution in [2.75, 3.05) is 12.4 Å². The number of benzene rings is 1. The van der Waals surface area contributed by atoms with E-state index in [9.17, 15) is 4.79 Å². The lowest BCUT2D eigenvalue weighted by molar-refractivity contribution is -0.122. The molecule has 1 saturated carbocycles. The summed E-state index contributed by atoms with van der Waals surface area (Å²) in [5.41, 5.74) is 0.635. The number of carbonyl (C=O) groups excluding carboxylic acids is 1. The third-order valence-electron chi connectivity index (χ3n) is 4.83. The highest BCUT2D eigenvalue weighted by molar-refractivity contribution is 7.15. The highest BCUT2D eigenvalue weighted by Crippen LogP contribution is 2.40. The van der Waals surface area contributed by atoms with Gasteiger partial charge in [0.2, 0.25) is 11.0 Å². The fourth-order valence-corrected chi connectivity index (χ4v) is 4.09. The van der Waals surface area contributed by atoms with Crippen LogP contribution in [-0.4, -0.2) is 23.2 Å². The predicted molar refractivity (Wildman–Crippen MR) is 95.2 cm³/mol. The highest BCUT2D eigenvalue weighted by Gasteiger charge is 2.41. The monoisotopic (exact) mass is 345 g/mol. The van der Waals surface area contributed by atoms with Gasteiger partial charge in [0.1, 0.15) is 11.1 Å². The molecule has 0 aliphatic heterocycles. The van der Waals surface area contributed by atoms with Crippen molar-refractivity contribution in [2.45, 2.75) is 50.5 Å². The Morgan fingerprint density at radius 2 is 1.92 bits per heavy atom. The van der Waals surface area contributed by atoms with Gasteiger partial charge in [-0.25, -0.2) is 0 Å². The molecule has 1 unspecified atom stereocenters. The minimum atomic E-state index is -0.460. The minimum absolute atomic E-state index is 0.0289. The van der Waals surface area contributed by atoms with Crippen molar-refractivity contribution in [1.82, 2.24) is 10.2 Å². The predicted octanol–water partition coefficient (Wildman–Crippen LogP) is 4.09. The Labute approximate surface area is 146 Å². The van der Waals surface area contributed by atoms with Crippen molar-refractivity contribution in [3.05, 3.63) is 40.9 Å². The maximum Gasteiger partial charge on any atom is 0.236 e. The largest absolute Gasteiger partial charge is 0.374 e. The summed E-state index contributed by atoms with van der Waals surface area (Å²) in [6.07, 6.45) is 4.97. The molecule has 1 atom stereocenters. The Hall–Kier alpha value is -1.79. The van der Waals surface area contributed by atoms with Gasteiger partial charge in [0.15, 0.2) is 0 Å². The average Bonchev–Trinajstić information content (AvgIpc) is 3.11. The normalized spacial score (nSPS) is 18.1. The second-order valence-electron chi connectivity index (χ2n) is 6.29. The van der Waals surface area contributed by atoms with Gasteiger partial charge >= 0.3 is 0 Å². The molecule has 3 rings (SSSR count). The summed E-state index contributed by atoms with van der Waals surface area (Å²) >= 11 is 1.37. The number of nitrogens with zero attached hydrogens (tertiary/aromatic N) is 2. The zero-order valence-electron chi connectivity index (χ0n) is 14.1. The van der Waals surface area contributed by atoms with Crippen LogP contribution in [0.3, 0.4) is 0 Å². The van der Waals surface area contributed by atoms with E-state index in [4.69, 9.17) is 4.74 Å². The molecule has 1 aromatic carbocycles. The van der Waals surface area contributed by atoms with Crippen molar-refractivity contribution in [1.29, 1.82) is 0 Å².